The van der Waals surface area contributed by atoms with Crippen molar-refractivity contribution in [1.82, 2.24) is 4.57 Å². The maximum Gasteiger partial charge on any atom is 0.266 e. The highest BCUT2D eigenvalue weighted by Crippen LogP contribution is 2.36. The van der Waals surface area contributed by atoms with Crippen molar-refractivity contribution in [2.45, 2.75) is 33.7 Å². The predicted octanol–water partition coefficient (Wildman–Crippen LogP) is 4.73. The molecule has 0 radical (unpaired) electrons. The van der Waals surface area contributed by atoms with Gasteiger partial charge in [0.25, 0.3) is 5.91 Å². The van der Waals surface area contributed by atoms with Gasteiger partial charge in [-0.1, -0.05) is 18.5 Å². The summed E-state index contributed by atoms with van der Waals surface area (Å²) in [6.07, 6.45) is 2.60. The first-order chi connectivity index (χ1) is 13.4. The number of carbonyl (C=O) groups excluding carboxylic acids is 1. The van der Waals surface area contributed by atoms with Crippen LogP contribution in [-0.2, 0) is 11.3 Å². The number of amides is 1. The van der Waals surface area contributed by atoms with Gasteiger partial charge in [-0.15, -0.1) is 0 Å². The summed E-state index contributed by atoms with van der Waals surface area (Å²) in [5, 5.41) is 12.6. The summed E-state index contributed by atoms with van der Waals surface area (Å²) >= 11 is 6.09. The molecule has 6 nitrogen and oxygen atoms in total. The van der Waals surface area contributed by atoms with Crippen LogP contribution in [-0.4, -0.2) is 24.7 Å². The summed E-state index contributed by atoms with van der Waals surface area (Å²) in [7, 11) is 2.95. The quantitative estimate of drug-likeness (QED) is 0.537. The Labute approximate surface area is 170 Å². The summed E-state index contributed by atoms with van der Waals surface area (Å²) in [5.74, 6) is 0.228. The van der Waals surface area contributed by atoms with E-state index in [9.17, 15) is 10.1 Å². The fourth-order valence-electron chi connectivity index (χ4n) is 2.99. The zero-order valence-electron chi connectivity index (χ0n) is 16.7. The van der Waals surface area contributed by atoms with Gasteiger partial charge in [0.05, 0.1) is 24.9 Å². The lowest BCUT2D eigenvalue weighted by Gasteiger charge is -2.13. The molecule has 2 rings (SSSR count). The van der Waals surface area contributed by atoms with Crippen LogP contribution in [0.5, 0.6) is 11.5 Å². The average molecular weight is 402 g/mol. The van der Waals surface area contributed by atoms with E-state index in [1.807, 2.05) is 26.0 Å². The van der Waals surface area contributed by atoms with E-state index in [2.05, 4.69) is 16.8 Å². The van der Waals surface area contributed by atoms with Gasteiger partial charge in [-0.05, 0) is 38.0 Å². The molecule has 1 N–H and O–H groups in total. The van der Waals surface area contributed by atoms with Gasteiger partial charge in [0, 0.05) is 30.1 Å². The number of methoxy groups -OCH3 is 2. The van der Waals surface area contributed by atoms with Gasteiger partial charge in [-0.3, -0.25) is 4.79 Å². The minimum Gasteiger partial charge on any atom is -0.495 e. The molecule has 0 saturated carbocycles. The van der Waals surface area contributed by atoms with Crippen LogP contribution in [0, 0.1) is 25.2 Å². The molecular formula is C21H24ClN3O3. The number of aryl methyl sites for hydroxylation is 1. The Hall–Kier alpha value is -2.91. The van der Waals surface area contributed by atoms with E-state index >= 15 is 0 Å². The Morgan fingerprint density at radius 1 is 1.25 bits per heavy atom. The molecule has 0 saturated heterocycles. The van der Waals surface area contributed by atoms with E-state index in [4.69, 9.17) is 21.1 Å². The third-order valence-electron chi connectivity index (χ3n) is 4.45. The second-order valence-electron chi connectivity index (χ2n) is 6.29. The Kier molecular flexibility index (Phi) is 7.13. The number of rotatable bonds is 7. The molecule has 1 amide bonds. The smallest absolute Gasteiger partial charge is 0.266 e. The predicted molar refractivity (Wildman–Crippen MR) is 111 cm³/mol. The van der Waals surface area contributed by atoms with Gasteiger partial charge in [-0.2, -0.15) is 5.26 Å². The van der Waals surface area contributed by atoms with E-state index in [0.29, 0.717) is 22.2 Å². The number of nitrogens with one attached hydrogen (secondary N) is 1. The van der Waals surface area contributed by atoms with Gasteiger partial charge in [0.2, 0.25) is 0 Å². The maximum absolute atomic E-state index is 12.7. The van der Waals surface area contributed by atoms with Crippen molar-refractivity contribution in [3.05, 3.63) is 45.7 Å². The Bertz CT molecular complexity index is 955. The highest BCUT2D eigenvalue weighted by molar-refractivity contribution is 6.32. The van der Waals surface area contributed by atoms with Crippen molar-refractivity contribution in [2.75, 3.05) is 19.5 Å². The fourth-order valence-corrected chi connectivity index (χ4v) is 3.22. The van der Waals surface area contributed by atoms with Gasteiger partial charge in [0.15, 0.2) is 0 Å². The van der Waals surface area contributed by atoms with Gasteiger partial charge >= 0.3 is 0 Å². The molecule has 1 heterocycles. The number of benzene rings is 1. The van der Waals surface area contributed by atoms with E-state index in [1.165, 1.54) is 14.2 Å². The first-order valence-electron chi connectivity index (χ1n) is 8.87. The van der Waals surface area contributed by atoms with Crippen molar-refractivity contribution in [1.29, 1.82) is 5.26 Å². The topological polar surface area (TPSA) is 76.3 Å². The Morgan fingerprint density at radius 3 is 2.50 bits per heavy atom. The van der Waals surface area contributed by atoms with Crippen LogP contribution in [0.15, 0.2) is 23.8 Å². The number of nitrogens with zero attached hydrogens (tertiary/aromatic N) is 2. The Balaban J connectivity index is 2.36. The number of halogens is 1. The second-order valence-corrected chi connectivity index (χ2v) is 6.70. The highest BCUT2D eigenvalue weighted by atomic mass is 35.5. The largest absolute Gasteiger partial charge is 0.495 e. The molecule has 0 aliphatic rings. The summed E-state index contributed by atoms with van der Waals surface area (Å²) < 4.78 is 12.6. The normalized spacial score (nSPS) is 11.1. The molecule has 0 bridgehead atoms. The van der Waals surface area contributed by atoms with Crippen molar-refractivity contribution in [2.24, 2.45) is 0 Å². The number of hydrogen-bond acceptors (Lipinski definition) is 4. The molecule has 1 aromatic heterocycles. The molecule has 0 unspecified atom stereocenters. The molecule has 28 heavy (non-hydrogen) atoms. The fraction of sp³-hybridized carbons (Fsp3) is 0.333. The summed E-state index contributed by atoms with van der Waals surface area (Å²) in [5.41, 5.74) is 3.32. The third kappa shape index (κ3) is 4.49. The monoisotopic (exact) mass is 401 g/mol. The molecule has 0 fully saturated rings. The number of carbonyl (C=O) groups is 1. The summed E-state index contributed by atoms with van der Waals surface area (Å²) in [6, 6.07) is 7.05. The first kappa shape index (κ1) is 21.4. The average Bonchev–Trinajstić information content (AvgIpc) is 2.94. The molecule has 0 spiro atoms. The van der Waals surface area contributed by atoms with Gasteiger partial charge in [0.1, 0.15) is 23.1 Å². The number of nitriles is 1. The zero-order valence-corrected chi connectivity index (χ0v) is 17.5. The lowest BCUT2D eigenvalue weighted by atomic mass is 10.1. The molecular weight excluding hydrogens is 378 g/mol. The third-order valence-corrected chi connectivity index (χ3v) is 4.74. The van der Waals surface area contributed by atoms with Gasteiger partial charge < -0.3 is 19.4 Å². The van der Waals surface area contributed by atoms with Gasteiger partial charge in [-0.25, -0.2) is 0 Å². The lowest BCUT2D eigenvalue weighted by Crippen LogP contribution is -2.14. The zero-order chi connectivity index (χ0) is 20.8. The molecule has 0 atom stereocenters. The molecule has 0 aliphatic heterocycles. The molecule has 1 aromatic carbocycles. The van der Waals surface area contributed by atoms with Crippen molar-refractivity contribution in [3.8, 4) is 17.6 Å². The van der Waals surface area contributed by atoms with Crippen LogP contribution < -0.4 is 14.8 Å². The van der Waals surface area contributed by atoms with Crippen LogP contribution in [0.25, 0.3) is 6.08 Å². The number of aromatic nitrogens is 1. The maximum atomic E-state index is 12.7. The van der Waals surface area contributed by atoms with E-state index in [1.54, 1.807) is 18.2 Å². The molecule has 148 valence electrons. The van der Waals surface area contributed by atoms with E-state index in [-0.39, 0.29) is 5.57 Å². The van der Waals surface area contributed by atoms with Crippen molar-refractivity contribution >= 4 is 29.3 Å². The van der Waals surface area contributed by atoms with E-state index in [0.717, 1.165) is 29.9 Å². The van der Waals surface area contributed by atoms with Crippen LogP contribution in [0.1, 0.15) is 30.3 Å². The van der Waals surface area contributed by atoms with Crippen molar-refractivity contribution < 1.29 is 14.3 Å². The van der Waals surface area contributed by atoms with Crippen LogP contribution >= 0.6 is 11.6 Å². The number of anilines is 1. The molecule has 7 heteroatoms. The number of ether oxygens (including phenoxy) is 2. The standard InChI is InChI=1S/C21H24ClN3O3/c1-6-7-25-13(2)8-15(14(25)3)9-16(12-23)21(26)24-18-11-19(27-4)17(22)10-20(18)28-5/h8-11H,6-7H2,1-5H3,(H,24,26)/b16-9+. The Morgan fingerprint density at radius 2 is 1.93 bits per heavy atom. The first-order valence-corrected chi connectivity index (χ1v) is 9.25. The van der Waals surface area contributed by atoms with Crippen molar-refractivity contribution in [3.63, 3.8) is 0 Å². The van der Waals surface area contributed by atoms with Crippen LogP contribution in [0.3, 0.4) is 0 Å². The molecule has 2 aromatic rings. The van der Waals surface area contributed by atoms with Crippen LogP contribution in [0.2, 0.25) is 5.02 Å². The second kappa shape index (κ2) is 9.34. The minimum atomic E-state index is -0.537. The SMILES string of the molecule is CCCn1c(C)cc(/C=C(\C#N)C(=O)Nc2cc(OC)c(Cl)cc2OC)c1C. The lowest BCUT2D eigenvalue weighted by molar-refractivity contribution is -0.112. The highest BCUT2D eigenvalue weighted by Gasteiger charge is 2.16. The minimum absolute atomic E-state index is 0.00674. The summed E-state index contributed by atoms with van der Waals surface area (Å²) in [4.78, 5) is 12.7. The number of hydrogen-bond donors (Lipinski definition) is 1. The van der Waals surface area contributed by atoms with Crippen LogP contribution in [0.4, 0.5) is 5.69 Å². The summed E-state index contributed by atoms with van der Waals surface area (Å²) in [6.45, 7) is 6.99. The molecule has 0 aliphatic carbocycles. The van der Waals surface area contributed by atoms with E-state index < -0.39 is 5.91 Å².